The summed E-state index contributed by atoms with van der Waals surface area (Å²) in [6, 6.07) is 13.5. The lowest BCUT2D eigenvalue weighted by molar-refractivity contribution is -0.113. The van der Waals surface area contributed by atoms with E-state index in [0.717, 1.165) is 32.5 Å². The summed E-state index contributed by atoms with van der Waals surface area (Å²) in [6.07, 6.45) is 2.40. The first-order chi connectivity index (χ1) is 16.0. The van der Waals surface area contributed by atoms with Crippen LogP contribution in [0, 0.1) is 0 Å². The molecule has 3 aromatic heterocycles. The molecule has 1 amide bonds. The number of carbonyl (C=O) groups excluding carboxylic acids is 1. The highest BCUT2D eigenvalue weighted by molar-refractivity contribution is 7.99. The van der Waals surface area contributed by atoms with Gasteiger partial charge in [0.2, 0.25) is 11.1 Å². The van der Waals surface area contributed by atoms with Gasteiger partial charge in [-0.2, -0.15) is 0 Å². The fraction of sp³-hybridized carbons (Fsp3) is 0.136. The number of para-hydroxylation sites is 1. The molecule has 3 heterocycles. The molecule has 0 fully saturated rings. The normalized spacial score (nSPS) is 11.4. The van der Waals surface area contributed by atoms with Crippen molar-refractivity contribution >= 4 is 79.4 Å². The summed E-state index contributed by atoms with van der Waals surface area (Å²) in [5.41, 5.74) is 3.55. The van der Waals surface area contributed by atoms with E-state index in [1.54, 1.807) is 12.3 Å². The molecular formula is C22H16Cl2N6OS2. The largest absolute Gasteiger partial charge is 0.327 e. The molecule has 0 radical (unpaired) electrons. The van der Waals surface area contributed by atoms with Gasteiger partial charge < -0.3 is 9.88 Å². The summed E-state index contributed by atoms with van der Waals surface area (Å²) >= 11 is 14.7. The van der Waals surface area contributed by atoms with Crippen molar-refractivity contribution in [1.82, 2.24) is 24.7 Å². The number of hydrogen-bond donors (Lipinski definition) is 1. The molecule has 2 aromatic carbocycles. The van der Waals surface area contributed by atoms with Crippen LogP contribution in [0.2, 0.25) is 10.0 Å². The molecule has 0 atom stereocenters. The van der Waals surface area contributed by atoms with Crippen molar-refractivity contribution in [2.45, 2.75) is 11.6 Å². The number of anilines is 1. The minimum Gasteiger partial charge on any atom is -0.327 e. The van der Waals surface area contributed by atoms with Crippen molar-refractivity contribution in [2.75, 3.05) is 11.1 Å². The fourth-order valence-electron chi connectivity index (χ4n) is 3.44. The number of carbonyl (C=O) groups is 1. The van der Waals surface area contributed by atoms with Crippen molar-refractivity contribution in [3.8, 4) is 0 Å². The van der Waals surface area contributed by atoms with Crippen LogP contribution in [0.1, 0.15) is 10.4 Å². The zero-order valence-electron chi connectivity index (χ0n) is 17.2. The van der Waals surface area contributed by atoms with E-state index < -0.39 is 0 Å². The SMILES string of the molecule is Cn1c2ccccc2c2nnc(SCC(=O)Nc3ncc(Cc4ccc(Cl)c(Cl)c4)s3)nc21. The van der Waals surface area contributed by atoms with Gasteiger partial charge in [-0.3, -0.25) is 4.79 Å². The lowest BCUT2D eigenvalue weighted by Gasteiger charge is -2.02. The van der Waals surface area contributed by atoms with E-state index in [1.807, 2.05) is 48.0 Å². The van der Waals surface area contributed by atoms with Gasteiger partial charge in [-0.1, -0.05) is 59.2 Å². The predicted molar refractivity (Wildman–Crippen MR) is 135 cm³/mol. The van der Waals surface area contributed by atoms with Gasteiger partial charge in [-0.15, -0.1) is 21.5 Å². The van der Waals surface area contributed by atoms with Crippen molar-refractivity contribution in [1.29, 1.82) is 0 Å². The van der Waals surface area contributed by atoms with E-state index in [1.165, 1.54) is 23.1 Å². The zero-order valence-corrected chi connectivity index (χ0v) is 20.4. The van der Waals surface area contributed by atoms with Gasteiger partial charge in [0.25, 0.3) is 0 Å². The number of nitrogens with zero attached hydrogens (tertiary/aromatic N) is 5. The molecule has 0 aliphatic rings. The van der Waals surface area contributed by atoms with Gasteiger partial charge in [0.15, 0.2) is 10.8 Å². The van der Waals surface area contributed by atoms with Gasteiger partial charge in [0, 0.05) is 29.9 Å². The molecule has 0 saturated carbocycles. The van der Waals surface area contributed by atoms with Crippen LogP contribution in [-0.4, -0.2) is 36.4 Å². The van der Waals surface area contributed by atoms with E-state index in [-0.39, 0.29) is 11.7 Å². The van der Waals surface area contributed by atoms with Crippen molar-refractivity contribution in [3.63, 3.8) is 0 Å². The highest BCUT2D eigenvalue weighted by Crippen LogP contribution is 2.28. The monoisotopic (exact) mass is 514 g/mol. The second-order valence-corrected chi connectivity index (χ2v) is 10.1. The summed E-state index contributed by atoms with van der Waals surface area (Å²) in [5, 5.41) is 14.4. The van der Waals surface area contributed by atoms with Gasteiger partial charge >= 0.3 is 0 Å². The second-order valence-electron chi connectivity index (χ2n) is 7.24. The Hall–Kier alpha value is -2.72. The Morgan fingerprint density at radius 2 is 2.00 bits per heavy atom. The Balaban J connectivity index is 1.22. The average Bonchev–Trinajstić information content (AvgIpc) is 3.37. The molecule has 11 heteroatoms. The molecular weight excluding hydrogens is 499 g/mol. The van der Waals surface area contributed by atoms with E-state index >= 15 is 0 Å². The Kier molecular flexibility index (Phi) is 6.20. The number of rotatable bonds is 6. The number of thiazole rings is 1. The summed E-state index contributed by atoms with van der Waals surface area (Å²) in [5.74, 6) is -0.0325. The van der Waals surface area contributed by atoms with Crippen LogP contribution in [0.25, 0.3) is 22.1 Å². The first-order valence-corrected chi connectivity index (χ1v) is 12.4. The van der Waals surface area contributed by atoms with Crippen LogP contribution in [-0.2, 0) is 18.3 Å². The molecule has 0 bridgehead atoms. The number of benzene rings is 2. The Morgan fingerprint density at radius 3 is 2.85 bits per heavy atom. The van der Waals surface area contributed by atoms with Gasteiger partial charge in [0.05, 0.1) is 21.3 Å². The van der Waals surface area contributed by atoms with Gasteiger partial charge in [-0.25, -0.2) is 9.97 Å². The van der Waals surface area contributed by atoms with Gasteiger partial charge in [0.1, 0.15) is 5.52 Å². The third-order valence-electron chi connectivity index (χ3n) is 4.98. The zero-order chi connectivity index (χ0) is 22.9. The number of hydrogen-bond acceptors (Lipinski definition) is 7. The third-order valence-corrected chi connectivity index (χ3v) is 7.47. The summed E-state index contributed by atoms with van der Waals surface area (Å²) in [7, 11) is 1.94. The van der Waals surface area contributed by atoms with Crippen LogP contribution in [0.3, 0.4) is 0 Å². The maximum atomic E-state index is 12.4. The number of fused-ring (bicyclic) bond motifs is 3. The molecule has 0 aliphatic heterocycles. The molecule has 5 aromatic rings. The van der Waals surface area contributed by atoms with Crippen molar-refractivity contribution in [3.05, 3.63) is 69.1 Å². The quantitative estimate of drug-likeness (QED) is 0.296. The number of aromatic nitrogens is 5. The second kappa shape index (κ2) is 9.26. The molecule has 166 valence electrons. The molecule has 0 unspecified atom stereocenters. The van der Waals surface area contributed by atoms with Crippen LogP contribution >= 0.6 is 46.3 Å². The standard InChI is InChI=1S/C22H16Cl2N6OS2/c1-30-17-5-3-2-4-14(17)19-20(30)27-22(29-28-19)32-11-18(31)26-21-25-10-13(33-21)8-12-6-7-15(23)16(24)9-12/h2-7,9-10H,8,11H2,1H3,(H,25,26,31). The summed E-state index contributed by atoms with van der Waals surface area (Å²) in [6.45, 7) is 0. The maximum absolute atomic E-state index is 12.4. The molecule has 0 aliphatic carbocycles. The predicted octanol–water partition coefficient (Wildman–Crippen LogP) is 5.60. The minimum absolute atomic E-state index is 0.152. The molecule has 0 spiro atoms. The molecule has 7 nitrogen and oxygen atoms in total. The first kappa shape index (κ1) is 22.1. The van der Waals surface area contributed by atoms with E-state index in [4.69, 9.17) is 23.2 Å². The molecule has 1 N–H and O–H groups in total. The van der Waals surface area contributed by atoms with E-state index in [2.05, 4.69) is 25.5 Å². The smallest absolute Gasteiger partial charge is 0.236 e. The van der Waals surface area contributed by atoms with Crippen LogP contribution in [0.4, 0.5) is 5.13 Å². The van der Waals surface area contributed by atoms with E-state index in [0.29, 0.717) is 26.8 Å². The average molecular weight is 515 g/mol. The van der Waals surface area contributed by atoms with Crippen molar-refractivity contribution in [2.24, 2.45) is 7.05 Å². The third kappa shape index (κ3) is 4.67. The molecule has 5 rings (SSSR count). The van der Waals surface area contributed by atoms with Crippen LogP contribution in [0.5, 0.6) is 0 Å². The number of amides is 1. The fourth-order valence-corrected chi connectivity index (χ4v) is 5.20. The highest BCUT2D eigenvalue weighted by Gasteiger charge is 2.14. The number of nitrogens with one attached hydrogen (secondary N) is 1. The number of thioether (sulfide) groups is 1. The van der Waals surface area contributed by atoms with E-state index in [9.17, 15) is 4.79 Å². The number of halogens is 2. The van der Waals surface area contributed by atoms with Crippen molar-refractivity contribution < 1.29 is 4.79 Å². The first-order valence-electron chi connectivity index (χ1n) is 9.87. The topological polar surface area (TPSA) is 85.6 Å². The molecule has 33 heavy (non-hydrogen) atoms. The summed E-state index contributed by atoms with van der Waals surface area (Å²) < 4.78 is 1.98. The Labute approximate surface area is 207 Å². The lowest BCUT2D eigenvalue weighted by Crippen LogP contribution is -2.14. The van der Waals surface area contributed by atoms with Crippen LogP contribution < -0.4 is 5.32 Å². The highest BCUT2D eigenvalue weighted by atomic mass is 35.5. The molecule has 0 saturated heterocycles. The Bertz CT molecular complexity index is 1500. The lowest BCUT2D eigenvalue weighted by atomic mass is 10.1. The summed E-state index contributed by atoms with van der Waals surface area (Å²) in [4.78, 5) is 22.3. The number of aryl methyl sites for hydroxylation is 1. The van der Waals surface area contributed by atoms with Gasteiger partial charge in [-0.05, 0) is 23.8 Å². The maximum Gasteiger partial charge on any atom is 0.236 e. The Morgan fingerprint density at radius 1 is 1.15 bits per heavy atom. The van der Waals surface area contributed by atoms with Crippen LogP contribution in [0.15, 0.2) is 53.8 Å². The minimum atomic E-state index is -0.184.